The standard InChI is InChI=1S/C29H25BrN2O4S/c1-35-25-9-4-5-10-26(25)36-16-6-15-31-19-21(23-7-2-3-8-24(23)31)17-27-28(33)32(29(34)37-27)18-20-11-13-22(30)14-12-20/h2-5,7-14,17,19H,6,15-16,18H2,1H3/b27-17-. The second-order valence-electron chi connectivity index (χ2n) is 8.54. The molecule has 2 heterocycles. The van der Waals surface area contributed by atoms with Gasteiger partial charge in [-0.15, -0.1) is 0 Å². The zero-order valence-corrected chi connectivity index (χ0v) is 22.6. The van der Waals surface area contributed by atoms with Crippen molar-refractivity contribution in [3.63, 3.8) is 0 Å². The predicted molar refractivity (Wildman–Crippen MR) is 151 cm³/mol. The van der Waals surface area contributed by atoms with Gasteiger partial charge in [-0.1, -0.05) is 58.4 Å². The van der Waals surface area contributed by atoms with E-state index in [2.05, 4.69) is 26.6 Å². The lowest BCUT2D eigenvalue weighted by Crippen LogP contribution is -2.27. The maximum atomic E-state index is 13.1. The Morgan fingerprint density at radius 3 is 2.46 bits per heavy atom. The molecule has 1 saturated heterocycles. The Labute approximate surface area is 228 Å². The number of aromatic nitrogens is 1. The summed E-state index contributed by atoms with van der Waals surface area (Å²) in [6, 6.07) is 23.3. The van der Waals surface area contributed by atoms with Gasteiger partial charge in [0.25, 0.3) is 11.1 Å². The molecule has 2 amide bonds. The lowest BCUT2D eigenvalue weighted by molar-refractivity contribution is -0.123. The number of hydrogen-bond donors (Lipinski definition) is 0. The molecule has 0 atom stereocenters. The van der Waals surface area contributed by atoms with Gasteiger partial charge >= 0.3 is 0 Å². The monoisotopic (exact) mass is 576 g/mol. The van der Waals surface area contributed by atoms with Crippen molar-refractivity contribution >= 4 is 55.8 Å². The Kier molecular flexibility index (Phi) is 7.67. The van der Waals surface area contributed by atoms with Crippen molar-refractivity contribution in [3.8, 4) is 11.5 Å². The van der Waals surface area contributed by atoms with Crippen LogP contribution in [0.1, 0.15) is 17.5 Å². The van der Waals surface area contributed by atoms with Gasteiger partial charge < -0.3 is 14.0 Å². The predicted octanol–water partition coefficient (Wildman–Crippen LogP) is 7.12. The number of imide groups is 1. The Morgan fingerprint density at radius 2 is 1.68 bits per heavy atom. The highest BCUT2D eigenvalue weighted by atomic mass is 79.9. The van der Waals surface area contributed by atoms with E-state index in [4.69, 9.17) is 9.47 Å². The normalized spacial score (nSPS) is 14.6. The molecular formula is C29H25BrN2O4S. The molecule has 1 aliphatic heterocycles. The molecule has 8 heteroatoms. The first-order valence-corrected chi connectivity index (χ1v) is 13.5. The minimum atomic E-state index is -0.264. The summed E-state index contributed by atoms with van der Waals surface area (Å²) in [5.41, 5.74) is 2.88. The summed E-state index contributed by atoms with van der Waals surface area (Å²) in [5, 5.41) is 0.782. The third kappa shape index (κ3) is 5.60. The molecule has 188 valence electrons. The smallest absolute Gasteiger partial charge is 0.293 e. The van der Waals surface area contributed by atoms with Crippen molar-refractivity contribution in [3.05, 3.63) is 99.5 Å². The quantitative estimate of drug-likeness (QED) is 0.157. The Hall–Kier alpha value is -3.49. The number of carbonyl (C=O) groups excluding carboxylic acids is 2. The van der Waals surface area contributed by atoms with Crippen LogP contribution in [-0.2, 0) is 17.9 Å². The van der Waals surface area contributed by atoms with E-state index in [0.717, 1.165) is 57.0 Å². The van der Waals surface area contributed by atoms with Crippen LogP contribution in [0.5, 0.6) is 11.5 Å². The number of amides is 2. The van der Waals surface area contributed by atoms with Crippen molar-refractivity contribution in [2.24, 2.45) is 0 Å². The third-order valence-electron chi connectivity index (χ3n) is 6.10. The van der Waals surface area contributed by atoms with Crippen LogP contribution in [0.25, 0.3) is 17.0 Å². The van der Waals surface area contributed by atoms with Crippen LogP contribution in [0.3, 0.4) is 0 Å². The van der Waals surface area contributed by atoms with Crippen LogP contribution in [0.15, 0.2) is 88.4 Å². The lowest BCUT2D eigenvalue weighted by atomic mass is 10.1. The highest BCUT2D eigenvalue weighted by molar-refractivity contribution is 9.10. The molecule has 1 aromatic heterocycles. The van der Waals surface area contributed by atoms with Gasteiger partial charge in [-0.05, 0) is 60.2 Å². The maximum absolute atomic E-state index is 13.1. The van der Waals surface area contributed by atoms with E-state index in [1.807, 2.05) is 79.0 Å². The number of benzene rings is 3. The number of rotatable bonds is 9. The zero-order chi connectivity index (χ0) is 25.8. The summed E-state index contributed by atoms with van der Waals surface area (Å²) in [5.74, 6) is 1.17. The number of hydrogen-bond acceptors (Lipinski definition) is 5. The van der Waals surface area contributed by atoms with Gasteiger partial charge in [0.05, 0.1) is 25.2 Å². The molecule has 6 nitrogen and oxygen atoms in total. The second-order valence-corrected chi connectivity index (χ2v) is 10.5. The molecule has 0 unspecified atom stereocenters. The van der Waals surface area contributed by atoms with E-state index >= 15 is 0 Å². The van der Waals surface area contributed by atoms with E-state index in [-0.39, 0.29) is 17.7 Å². The third-order valence-corrected chi connectivity index (χ3v) is 7.54. The SMILES string of the molecule is COc1ccccc1OCCCn1cc(/C=C2\SC(=O)N(Cc3ccc(Br)cc3)C2=O)c2ccccc21. The summed E-state index contributed by atoms with van der Waals surface area (Å²) in [4.78, 5) is 27.5. The molecule has 0 aliphatic carbocycles. The van der Waals surface area contributed by atoms with E-state index < -0.39 is 0 Å². The van der Waals surface area contributed by atoms with Crippen molar-refractivity contribution in [1.29, 1.82) is 0 Å². The number of halogens is 1. The van der Waals surface area contributed by atoms with Gasteiger partial charge in [-0.3, -0.25) is 14.5 Å². The van der Waals surface area contributed by atoms with Crippen LogP contribution in [0.4, 0.5) is 4.79 Å². The van der Waals surface area contributed by atoms with Gasteiger partial charge in [-0.2, -0.15) is 0 Å². The molecule has 0 saturated carbocycles. The van der Waals surface area contributed by atoms with E-state index in [1.165, 1.54) is 4.90 Å². The van der Waals surface area contributed by atoms with Gasteiger partial charge in [0.1, 0.15) is 0 Å². The molecule has 1 aliphatic rings. The maximum Gasteiger partial charge on any atom is 0.293 e. The Morgan fingerprint density at radius 1 is 0.946 bits per heavy atom. The van der Waals surface area contributed by atoms with E-state index in [9.17, 15) is 9.59 Å². The zero-order valence-electron chi connectivity index (χ0n) is 20.2. The summed E-state index contributed by atoms with van der Waals surface area (Å²) in [6.07, 6.45) is 4.66. The van der Waals surface area contributed by atoms with Gasteiger partial charge in [0.15, 0.2) is 11.5 Å². The summed E-state index contributed by atoms with van der Waals surface area (Å²) in [6.45, 7) is 1.54. The second kappa shape index (κ2) is 11.3. The Bertz CT molecular complexity index is 1480. The fourth-order valence-corrected chi connectivity index (χ4v) is 5.37. The number of ether oxygens (including phenoxy) is 2. The van der Waals surface area contributed by atoms with Crippen molar-refractivity contribution in [2.45, 2.75) is 19.5 Å². The molecule has 0 bridgehead atoms. The summed E-state index contributed by atoms with van der Waals surface area (Å²) in [7, 11) is 1.63. The first-order valence-electron chi connectivity index (χ1n) is 11.9. The average molecular weight is 578 g/mol. The first-order chi connectivity index (χ1) is 18.0. The van der Waals surface area contributed by atoms with Crippen molar-refractivity contribution in [1.82, 2.24) is 9.47 Å². The van der Waals surface area contributed by atoms with Crippen molar-refractivity contribution in [2.75, 3.05) is 13.7 Å². The fraction of sp³-hybridized carbons (Fsp3) is 0.172. The number of nitrogens with zero attached hydrogens (tertiary/aromatic N) is 2. The Balaban J connectivity index is 1.31. The fourth-order valence-electron chi connectivity index (χ4n) is 4.28. The molecule has 0 spiro atoms. The number of para-hydroxylation sites is 3. The molecule has 1 fully saturated rings. The van der Waals surface area contributed by atoms with Gasteiger partial charge in [0.2, 0.25) is 0 Å². The number of methoxy groups -OCH3 is 1. The highest BCUT2D eigenvalue weighted by Gasteiger charge is 2.35. The molecule has 4 aromatic rings. The summed E-state index contributed by atoms with van der Waals surface area (Å²) >= 11 is 4.40. The molecular weight excluding hydrogens is 552 g/mol. The van der Waals surface area contributed by atoms with E-state index in [0.29, 0.717) is 17.3 Å². The van der Waals surface area contributed by atoms with E-state index in [1.54, 1.807) is 7.11 Å². The number of carbonyl (C=O) groups is 2. The van der Waals surface area contributed by atoms with Crippen molar-refractivity contribution < 1.29 is 19.1 Å². The largest absolute Gasteiger partial charge is 0.493 e. The number of thioether (sulfide) groups is 1. The molecule has 37 heavy (non-hydrogen) atoms. The van der Waals surface area contributed by atoms with Crippen LogP contribution < -0.4 is 9.47 Å². The minimum Gasteiger partial charge on any atom is -0.493 e. The van der Waals surface area contributed by atoms with Gasteiger partial charge in [-0.25, -0.2) is 0 Å². The van der Waals surface area contributed by atoms with Crippen LogP contribution >= 0.6 is 27.7 Å². The molecule has 0 radical (unpaired) electrons. The molecule has 3 aromatic carbocycles. The molecule has 0 N–H and O–H groups in total. The number of aryl methyl sites for hydroxylation is 1. The summed E-state index contributed by atoms with van der Waals surface area (Å²) < 4.78 is 14.4. The van der Waals surface area contributed by atoms with Gasteiger partial charge in [0, 0.05) is 33.7 Å². The first kappa shape index (κ1) is 25.2. The lowest BCUT2D eigenvalue weighted by Gasteiger charge is -2.12. The number of fused-ring (bicyclic) bond motifs is 1. The van der Waals surface area contributed by atoms with Crippen LogP contribution in [0, 0.1) is 0 Å². The highest BCUT2D eigenvalue weighted by Crippen LogP contribution is 2.35. The molecule has 5 rings (SSSR count). The van der Waals surface area contributed by atoms with Crippen LogP contribution in [0.2, 0.25) is 0 Å². The minimum absolute atomic E-state index is 0.253. The van der Waals surface area contributed by atoms with Crippen LogP contribution in [-0.4, -0.2) is 34.3 Å². The average Bonchev–Trinajstić information content (AvgIpc) is 3.40. The topological polar surface area (TPSA) is 60.8 Å².